The molecule has 0 aromatic carbocycles. The van der Waals surface area contributed by atoms with Crippen LogP contribution in [0.4, 0.5) is 5.82 Å². The predicted molar refractivity (Wildman–Crippen MR) is 52.4 cm³/mol. The first-order chi connectivity index (χ1) is 6.70. The molecule has 0 aliphatic heterocycles. The fourth-order valence-electron chi connectivity index (χ4n) is 0.886. The molecule has 14 heavy (non-hydrogen) atoms. The average molecular weight is 216 g/mol. The van der Waals surface area contributed by atoms with E-state index >= 15 is 0 Å². The van der Waals surface area contributed by atoms with Crippen LogP contribution in [0.3, 0.4) is 0 Å². The zero-order valence-electron chi connectivity index (χ0n) is 7.40. The fraction of sp³-hybridized carbons (Fsp3) is 0.375. The van der Waals surface area contributed by atoms with Gasteiger partial charge in [0.2, 0.25) is 0 Å². The normalized spacial score (nSPS) is 9.79. The Morgan fingerprint density at radius 3 is 2.86 bits per heavy atom. The van der Waals surface area contributed by atoms with Gasteiger partial charge < -0.3 is 10.4 Å². The Bertz CT molecular complexity index is 319. The summed E-state index contributed by atoms with van der Waals surface area (Å²) < 4.78 is 0. The summed E-state index contributed by atoms with van der Waals surface area (Å²) in [6.45, 7) is 0.519. The third-order valence-electron chi connectivity index (χ3n) is 1.51. The Hall–Kier alpha value is -1.36. The van der Waals surface area contributed by atoms with Gasteiger partial charge in [0.05, 0.1) is 0 Å². The van der Waals surface area contributed by atoms with Gasteiger partial charge in [-0.25, -0.2) is 9.97 Å². The number of halogens is 1. The molecular formula is C8H10ClN3O2. The molecule has 0 spiro atoms. The van der Waals surface area contributed by atoms with E-state index in [1.807, 2.05) is 0 Å². The van der Waals surface area contributed by atoms with Crippen molar-refractivity contribution in [2.75, 3.05) is 11.9 Å². The van der Waals surface area contributed by atoms with Crippen LogP contribution in [0.25, 0.3) is 0 Å². The number of carboxylic acid groups (broad SMARTS) is 1. The van der Waals surface area contributed by atoms with Crippen molar-refractivity contribution in [2.24, 2.45) is 0 Å². The molecule has 0 saturated heterocycles. The molecule has 0 radical (unpaired) electrons. The second kappa shape index (κ2) is 5.39. The van der Waals surface area contributed by atoms with Gasteiger partial charge in [-0.3, -0.25) is 4.79 Å². The monoisotopic (exact) mass is 215 g/mol. The van der Waals surface area contributed by atoms with E-state index in [0.717, 1.165) is 0 Å². The summed E-state index contributed by atoms with van der Waals surface area (Å²) in [5.74, 6) is -0.323. The number of rotatable bonds is 5. The molecule has 76 valence electrons. The largest absolute Gasteiger partial charge is 0.481 e. The van der Waals surface area contributed by atoms with Gasteiger partial charge >= 0.3 is 5.97 Å². The Morgan fingerprint density at radius 2 is 2.21 bits per heavy atom. The van der Waals surface area contributed by atoms with Crippen LogP contribution < -0.4 is 5.32 Å². The maximum atomic E-state index is 10.2. The van der Waals surface area contributed by atoms with Crippen LogP contribution in [0.1, 0.15) is 12.8 Å². The van der Waals surface area contributed by atoms with Crippen molar-refractivity contribution in [3.8, 4) is 0 Å². The first-order valence-corrected chi connectivity index (χ1v) is 4.50. The van der Waals surface area contributed by atoms with E-state index in [-0.39, 0.29) is 6.42 Å². The Balaban J connectivity index is 2.31. The van der Waals surface area contributed by atoms with Gasteiger partial charge in [-0.1, -0.05) is 11.6 Å². The highest BCUT2D eigenvalue weighted by Gasteiger charge is 2.01. The predicted octanol–water partition coefficient (Wildman–Crippen LogP) is 1.41. The zero-order valence-corrected chi connectivity index (χ0v) is 8.16. The first kappa shape index (κ1) is 10.7. The summed E-state index contributed by atoms with van der Waals surface area (Å²) in [5.41, 5.74) is 0. The van der Waals surface area contributed by atoms with Crippen molar-refractivity contribution in [3.63, 3.8) is 0 Å². The smallest absolute Gasteiger partial charge is 0.303 e. The lowest BCUT2D eigenvalue weighted by Gasteiger charge is -2.04. The minimum atomic E-state index is -0.808. The van der Waals surface area contributed by atoms with E-state index in [9.17, 15) is 4.79 Å². The van der Waals surface area contributed by atoms with E-state index in [1.54, 1.807) is 0 Å². The second-order valence-corrected chi connectivity index (χ2v) is 2.98. The Kier molecular flexibility index (Phi) is 4.12. The molecule has 1 aromatic rings. The van der Waals surface area contributed by atoms with Crippen LogP contribution >= 0.6 is 11.6 Å². The van der Waals surface area contributed by atoms with Gasteiger partial charge in [-0.2, -0.15) is 0 Å². The number of nitrogens with one attached hydrogen (secondary N) is 1. The van der Waals surface area contributed by atoms with Gasteiger partial charge in [0.15, 0.2) is 11.0 Å². The zero-order chi connectivity index (χ0) is 10.4. The van der Waals surface area contributed by atoms with Crippen LogP contribution in [0.15, 0.2) is 12.4 Å². The molecule has 0 aliphatic carbocycles. The summed E-state index contributed by atoms with van der Waals surface area (Å²) in [4.78, 5) is 18.0. The van der Waals surface area contributed by atoms with E-state index < -0.39 is 5.97 Å². The topological polar surface area (TPSA) is 75.1 Å². The summed E-state index contributed by atoms with van der Waals surface area (Å²) in [6, 6.07) is 0. The van der Waals surface area contributed by atoms with Crippen LogP contribution in [-0.2, 0) is 4.79 Å². The molecule has 0 aliphatic rings. The quantitative estimate of drug-likeness (QED) is 0.727. The number of aliphatic carboxylic acids is 1. The van der Waals surface area contributed by atoms with Crippen LogP contribution in [0.5, 0.6) is 0 Å². The maximum Gasteiger partial charge on any atom is 0.303 e. The lowest BCUT2D eigenvalue weighted by molar-refractivity contribution is -0.137. The average Bonchev–Trinajstić information content (AvgIpc) is 2.15. The maximum absolute atomic E-state index is 10.2. The number of carbonyl (C=O) groups is 1. The summed E-state index contributed by atoms with van der Waals surface area (Å²) >= 11 is 5.71. The second-order valence-electron chi connectivity index (χ2n) is 2.62. The van der Waals surface area contributed by atoms with Crippen LogP contribution in [0.2, 0.25) is 5.15 Å². The van der Waals surface area contributed by atoms with Gasteiger partial charge in [0.1, 0.15) is 0 Å². The van der Waals surface area contributed by atoms with E-state index in [1.165, 1.54) is 12.4 Å². The summed E-state index contributed by atoms with van der Waals surface area (Å²) in [5, 5.41) is 11.6. The third-order valence-corrected chi connectivity index (χ3v) is 1.79. The highest BCUT2D eigenvalue weighted by atomic mass is 35.5. The van der Waals surface area contributed by atoms with Gasteiger partial charge in [0.25, 0.3) is 0 Å². The molecule has 2 N–H and O–H groups in total. The van der Waals surface area contributed by atoms with Crippen molar-refractivity contribution in [2.45, 2.75) is 12.8 Å². The molecule has 0 atom stereocenters. The first-order valence-electron chi connectivity index (χ1n) is 4.12. The van der Waals surface area contributed by atoms with Crippen LogP contribution in [-0.4, -0.2) is 27.6 Å². The molecule has 1 aromatic heterocycles. The SMILES string of the molecule is O=C(O)CCCNc1nccnc1Cl. The summed E-state index contributed by atoms with van der Waals surface area (Å²) in [7, 11) is 0. The molecular weight excluding hydrogens is 206 g/mol. The van der Waals surface area contributed by atoms with Crippen molar-refractivity contribution in [1.82, 2.24) is 9.97 Å². The number of carboxylic acids is 1. The minimum Gasteiger partial charge on any atom is -0.481 e. The van der Waals surface area contributed by atoms with Crippen LogP contribution in [0, 0.1) is 0 Å². The highest BCUT2D eigenvalue weighted by molar-refractivity contribution is 6.31. The summed E-state index contributed by atoms with van der Waals surface area (Å²) in [6.07, 6.45) is 3.67. The molecule has 0 bridgehead atoms. The Morgan fingerprint density at radius 1 is 1.50 bits per heavy atom. The number of hydrogen-bond acceptors (Lipinski definition) is 4. The Labute approximate surface area is 86.1 Å². The van der Waals surface area contributed by atoms with Crippen molar-refractivity contribution in [3.05, 3.63) is 17.5 Å². The van der Waals surface area contributed by atoms with Crippen molar-refractivity contribution >= 4 is 23.4 Å². The molecule has 0 saturated carbocycles. The molecule has 0 fully saturated rings. The fourth-order valence-corrected chi connectivity index (χ4v) is 1.06. The minimum absolute atomic E-state index is 0.130. The molecule has 0 amide bonds. The van der Waals surface area contributed by atoms with E-state index in [4.69, 9.17) is 16.7 Å². The molecule has 0 unspecified atom stereocenters. The highest BCUT2D eigenvalue weighted by Crippen LogP contribution is 2.13. The van der Waals surface area contributed by atoms with Crippen molar-refractivity contribution in [1.29, 1.82) is 0 Å². The number of nitrogens with zero attached hydrogens (tertiary/aromatic N) is 2. The molecule has 5 nitrogen and oxygen atoms in total. The van der Waals surface area contributed by atoms with Crippen molar-refractivity contribution < 1.29 is 9.90 Å². The number of aromatic nitrogens is 2. The third kappa shape index (κ3) is 3.57. The lowest BCUT2D eigenvalue weighted by atomic mass is 10.3. The van der Waals surface area contributed by atoms with Gasteiger partial charge in [-0.15, -0.1) is 0 Å². The van der Waals surface area contributed by atoms with E-state index in [2.05, 4.69) is 15.3 Å². The molecule has 6 heteroatoms. The number of anilines is 1. The standard InChI is InChI=1S/C8H10ClN3O2/c9-7-8(12-5-4-10-7)11-3-1-2-6(13)14/h4-5H,1-3H2,(H,11,12)(H,13,14). The molecule has 1 heterocycles. The number of hydrogen-bond donors (Lipinski definition) is 2. The van der Waals surface area contributed by atoms with Gasteiger partial charge in [-0.05, 0) is 6.42 Å². The lowest BCUT2D eigenvalue weighted by Crippen LogP contribution is -2.06. The molecule has 1 rings (SSSR count). The van der Waals surface area contributed by atoms with Gasteiger partial charge in [0, 0.05) is 25.4 Å². The van der Waals surface area contributed by atoms with E-state index in [0.29, 0.717) is 23.9 Å².